The van der Waals surface area contributed by atoms with Crippen LogP contribution in [-0.2, 0) is 11.2 Å². The highest BCUT2D eigenvalue weighted by Crippen LogP contribution is 2.12. The second-order valence-corrected chi connectivity index (χ2v) is 4.65. The Hall–Kier alpha value is -2.06. The molecule has 0 spiro atoms. The Bertz CT molecular complexity index is 465. The van der Waals surface area contributed by atoms with Gasteiger partial charge in [-0.15, -0.1) is 0 Å². The molecule has 1 rings (SSSR count). The number of likely N-dealkylation sites (N-methyl/N-ethyl adjacent to an activating group) is 2. The maximum Gasteiger partial charge on any atom is 0.234 e. The fraction of sp³-hybridized carbons (Fsp3) is 0.500. The number of ether oxygens (including phenoxy) is 1. The summed E-state index contributed by atoms with van der Waals surface area (Å²) in [4.78, 5) is 13.6. The van der Waals surface area contributed by atoms with Crippen molar-refractivity contribution in [3.8, 4) is 11.8 Å². The third kappa shape index (κ3) is 6.77. The number of rotatable bonds is 9. The summed E-state index contributed by atoms with van der Waals surface area (Å²) >= 11 is 0. The van der Waals surface area contributed by atoms with Crippen LogP contribution in [0.1, 0.15) is 19.4 Å². The molecule has 0 aliphatic rings. The van der Waals surface area contributed by atoms with Crippen molar-refractivity contribution in [2.75, 3.05) is 32.8 Å². The molecular weight excluding hydrogens is 266 g/mol. The zero-order valence-corrected chi connectivity index (χ0v) is 12.8. The summed E-state index contributed by atoms with van der Waals surface area (Å²) in [5.74, 6) is 0.825. The van der Waals surface area contributed by atoms with Gasteiger partial charge in [-0.05, 0) is 31.2 Å². The number of nitrogens with one attached hydrogen (secondary N) is 1. The molecule has 21 heavy (non-hydrogen) atoms. The number of carbonyl (C=O) groups is 1. The molecule has 0 unspecified atom stereocenters. The largest absolute Gasteiger partial charge is 0.492 e. The standard InChI is InChI=1S/C16H23N3O2/c1-3-18-16(20)13-19(4-2)11-12-21-15-7-5-14(6-8-15)9-10-17/h5-8H,3-4,9,11-13H2,1-2H3,(H,18,20). The van der Waals surface area contributed by atoms with Crippen molar-refractivity contribution in [2.24, 2.45) is 0 Å². The number of hydrogen-bond acceptors (Lipinski definition) is 4. The SMILES string of the molecule is CCNC(=O)CN(CC)CCOc1ccc(CC#N)cc1. The zero-order valence-electron chi connectivity index (χ0n) is 12.8. The minimum Gasteiger partial charge on any atom is -0.492 e. The number of carbonyl (C=O) groups excluding carboxylic acids is 1. The van der Waals surface area contributed by atoms with Crippen molar-refractivity contribution < 1.29 is 9.53 Å². The van der Waals surface area contributed by atoms with E-state index in [0.717, 1.165) is 17.9 Å². The number of nitriles is 1. The first-order valence-corrected chi connectivity index (χ1v) is 7.27. The quantitative estimate of drug-likeness (QED) is 0.750. The molecule has 0 radical (unpaired) electrons. The third-order valence-electron chi connectivity index (χ3n) is 3.07. The van der Waals surface area contributed by atoms with Gasteiger partial charge in [0.15, 0.2) is 0 Å². The molecule has 1 aromatic carbocycles. The molecule has 0 aliphatic carbocycles. The summed E-state index contributed by atoms with van der Waals surface area (Å²) in [7, 11) is 0. The fourth-order valence-electron chi connectivity index (χ4n) is 1.89. The van der Waals surface area contributed by atoms with E-state index in [1.807, 2.05) is 43.0 Å². The molecule has 5 nitrogen and oxygen atoms in total. The van der Waals surface area contributed by atoms with Crippen LogP contribution >= 0.6 is 0 Å². The fourth-order valence-corrected chi connectivity index (χ4v) is 1.89. The average molecular weight is 289 g/mol. The van der Waals surface area contributed by atoms with Gasteiger partial charge in [-0.2, -0.15) is 5.26 Å². The van der Waals surface area contributed by atoms with Crippen molar-refractivity contribution >= 4 is 5.91 Å². The lowest BCUT2D eigenvalue weighted by Crippen LogP contribution is -2.38. The Morgan fingerprint density at radius 1 is 1.33 bits per heavy atom. The predicted octanol–water partition coefficient (Wildman–Crippen LogP) is 1.59. The molecule has 0 saturated heterocycles. The lowest BCUT2D eigenvalue weighted by Gasteiger charge is -2.19. The maximum absolute atomic E-state index is 11.5. The van der Waals surface area contributed by atoms with E-state index in [1.54, 1.807) is 0 Å². The average Bonchev–Trinajstić information content (AvgIpc) is 2.48. The summed E-state index contributed by atoms with van der Waals surface area (Å²) < 4.78 is 5.66. The lowest BCUT2D eigenvalue weighted by molar-refractivity contribution is -0.122. The second-order valence-electron chi connectivity index (χ2n) is 4.65. The van der Waals surface area contributed by atoms with E-state index < -0.39 is 0 Å². The molecule has 0 fully saturated rings. The zero-order chi connectivity index (χ0) is 15.5. The number of nitrogens with zero attached hydrogens (tertiary/aromatic N) is 2. The normalized spacial score (nSPS) is 10.2. The van der Waals surface area contributed by atoms with Gasteiger partial charge in [0.25, 0.3) is 0 Å². The van der Waals surface area contributed by atoms with Crippen molar-refractivity contribution in [3.63, 3.8) is 0 Å². The van der Waals surface area contributed by atoms with E-state index in [1.165, 1.54) is 0 Å². The minimum atomic E-state index is 0.0419. The second kappa shape index (κ2) is 9.78. The Morgan fingerprint density at radius 3 is 2.62 bits per heavy atom. The van der Waals surface area contributed by atoms with Crippen molar-refractivity contribution in [3.05, 3.63) is 29.8 Å². The number of amides is 1. The van der Waals surface area contributed by atoms with Crippen LogP contribution in [0.15, 0.2) is 24.3 Å². The van der Waals surface area contributed by atoms with Crippen molar-refractivity contribution in [2.45, 2.75) is 20.3 Å². The Kier molecular flexibility index (Phi) is 7.92. The van der Waals surface area contributed by atoms with Crippen LogP contribution in [-0.4, -0.2) is 43.6 Å². The van der Waals surface area contributed by atoms with Gasteiger partial charge in [0.05, 0.1) is 19.0 Å². The Balaban J connectivity index is 2.33. The van der Waals surface area contributed by atoms with Crippen LogP contribution in [0.25, 0.3) is 0 Å². The lowest BCUT2D eigenvalue weighted by atomic mass is 10.2. The highest BCUT2D eigenvalue weighted by Gasteiger charge is 2.08. The molecule has 0 heterocycles. The van der Waals surface area contributed by atoms with Gasteiger partial charge in [-0.25, -0.2) is 0 Å². The van der Waals surface area contributed by atoms with Gasteiger partial charge in [0.1, 0.15) is 12.4 Å². The van der Waals surface area contributed by atoms with Crippen LogP contribution in [0.3, 0.4) is 0 Å². The first-order valence-electron chi connectivity index (χ1n) is 7.27. The molecule has 0 aromatic heterocycles. The number of hydrogen-bond donors (Lipinski definition) is 1. The van der Waals surface area contributed by atoms with Crippen LogP contribution in [0.5, 0.6) is 5.75 Å². The molecule has 1 aromatic rings. The molecule has 114 valence electrons. The molecule has 0 saturated carbocycles. The Labute approximate surface area is 126 Å². The van der Waals surface area contributed by atoms with Gasteiger partial charge < -0.3 is 10.1 Å². The first kappa shape index (κ1) is 17.0. The van der Waals surface area contributed by atoms with Gasteiger partial charge in [-0.1, -0.05) is 19.1 Å². The summed E-state index contributed by atoms with van der Waals surface area (Å²) in [5.41, 5.74) is 0.983. The van der Waals surface area contributed by atoms with E-state index >= 15 is 0 Å². The van der Waals surface area contributed by atoms with Gasteiger partial charge in [0.2, 0.25) is 5.91 Å². The molecule has 1 N–H and O–H groups in total. The van der Waals surface area contributed by atoms with Crippen molar-refractivity contribution in [1.29, 1.82) is 5.26 Å². The molecule has 5 heteroatoms. The smallest absolute Gasteiger partial charge is 0.234 e. The molecule has 0 aliphatic heterocycles. The molecular formula is C16H23N3O2. The van der Waals surface area contributed by atoms with Crippen molar-refractivity contribution in [1.82, 2.24) is 10.2 Å². The highest BCUT2D eigenvalue weighted by atomic mass is 16.5. The van der Waals surface area contributed by atoms with E-state index in [-0.39, 0.29) is 5.91 Å². The van der Waals surface area contributed by atoms with Crippen LogP contribution in [0.4, 0.5) is 0 Å². The van der Waals surface area contributed by atoms with E-state index in [4.69, 9.17) is 10.00 Å². The first-order chi connectivity index (χ1) is 10.2. The summed E-state index contributed by atoms with van der Waals surface area (Å²) in [6.45, 7) is 7.03. The summed E-state index contributed by atoms with van der Waals surface area (Å²) in [6, 6.07) is 9.64. The molecule has 0 atom stereocenters. The topological polar surface area (TPSA) is 65.4 Å². The monoisotopic (exact) mass is 289 g/mol. The van der Waals surface area contributed by atoms with Gasteiger partial charge in [-0.3, -0.25) is 9.69 Å². The van der Waals surface area contributed by atoms with Crippen LogP contribution in [0.2, 0.25) is 0 Å². The molecule has 1 amide bonds. The van der Waals surface area contributed by atoms with Gasteiger partial charge in [0, 0.05) is 13.1 Å². The number of benzene rings is 1. The van der Waals surface area contributed by atoms with Crippen LogP contribution in [0, 0.1) is 11.3 Å². The van der Waals surface area contributed by atoms with Crippen LogP contribution < -0.4 is 10.1 Å². The minimum absolute atomic E-state index is 0.0419. The third-order valence-corrected chi connectivity index (χ3v) is 3.07. The maximum atomic E-state index is 11.5. The van der Waals surface area contributed by atoms with E-state index in [0.29, 0.717) is 32.7 Å². The Morgan fingerprint density at radius 2 is 2.05 bits per heavy atom. The van der Waals surface area contributed by atoms with E-state index in [9.17, 15) is 4.79 Å². The highest BCUT2D eigenvalue weighted by molar-refractivity contribution is 5.77. The van der Waals surface area contributed by atoms with E-state index in [2.05, 4.69) is 11.4 Å². The molecule has 0 bridgehead atoms. The summed E-state index contributed by atoms with van der Waals surface area (Å²) in [6.07, 6.45) is 0.413. The summed E-state index contributed by atoms with van der Waals surface area (Å²) in [5, 5.41) is 11.4. The predicted molar refractivity (Wildman–Crippen MR) is 82.1 cm³/mol. The van der Waals surface area contributed by atoms with Gasteiger partial charge >= 0.3 is 0 Å².